The minimum atomic E-state index is -0.617. The lowest BCUT2D eigenvalue weighted by atomic mass is 10.1. The van der Waals surface area contributed by atoms with Gasteiger partial charge in [-0.05, 0) is 56.2 Å². The molecule has 0 heterocycles. The van der Waals surface area contributed by atoms with Crippen molar-refractivity contribution in [2.75, 3.05) is 18.9 Å². The topological polar surface area (TPSA) is 27.6 Å². The first-order chi connectivity index (χ1) is 10.9. The van der Waals surface area contributed by atoms with Crippen molar-refractivity contribution in [2.24, 2.45) is 4.99 Å². The number of rotatable bonds is 5. The second kappa shape index (κ2) is 7.22. The van der Waals surface area contributed by atoms with Crippen LogP contribution in [0.25, 0.3) is 0 Å². The number of nitrogens with one attached hydrogen (secondary N) is 1. The van der Waals surface area contributed by atoms with E-state index in [1.54, 1.807) is 6.34 Å². The van der Waals surface area contributed by atoms with Gasteiger partial charge in [0.05, 0.1) is 17.7 Å². The predicted molar refractivity (Wildman–Crippen MR) is 92.0 cm³/mol. The molecule has 0 unspecified atom stereocenters. The Balaban J connectivity index is 2.27. The van der Waals surface area contributed by atoms with E-state index < -0.39 is 11.6 Å². The fraction of sp³-hybridized carbons (Fsp3) is 0.278. The maximum Gasteiger partial charge on any atom is 0.149 e. The highest BCUT2D eigenvalue weighted by molar-refractivity contribution is 5.70. The molecule has 0 amide bonds. The molecule has 2 rings (SSSR count). The van der Waals surface area contributed by atoms with Crippen molar-refractivity contribution in [2.45, 2.75) is 20.8 Å². The number of halogens is 2. The van der Waals surface area contributed by atoms with Gasteiger partial charge in [-0.25, -0.2) is 13.8 Å². The summed E-state index contributed by atoms with van der Waals surface area (Å²) in [5.41, 5.74) is 3.80. The summed E-state index contributed by atoms with van der Waals surface area (Å²) < 4.78 is 26.7. The average Bonchev–Trinajstić information content (AvgIpc) is 2.51. The number of nitrogens with zero attached hydrogens (tertiary/aromatic N) is 2. The molecule has 122 valence electrons. The molecule has 0 bridgehead atoms. The molecule has 0 saturated heterocycles. The number of anilines is 2. The first-order valence-corrected chi connectivity index (χ1v) is 7.48. The Labute approximate surface area is 135 Å². The van der Waals surface area contributed by atoms with Gasteiger partial charge >= 0.3 is 0 Å². The van der Waals surface area contributed by atoms with Crippen LogP contribution in [0.5, 0.6) is 0 Å². The summed E-state index contributed by atoms with van der Waals surface area (Å²) in [5, 5.41) is 3.01. The summed E-state index contributed by atoms with van der Waals surface area (Å²) >= 11 is 0. The average molecular weight is 317 g/mol. The quantitative estimate of drug-likeness (QED) is 0.625. The first-order valence-electron chi connectivity index (χ1n) is 7.48. The van der Waals surface area contributed by atoms with Crippen LogP contribution in [0, 0.1) is 25.5 Å². The van der Waals surface area contributed by atoms with Gasteiger partial charge in [0.1, 0.15) is 11.6 Å². The molecule has 0 fully saturated rings. The molecular formula is C18H21F2N3. The number of hydrogen-bond acceptors (Lipinski definition) is 2. The van der Waals surface area contributed by atoms with E-state index in [-0.39, 0.29) is 5.69 Å². The third kappa shape index (κ3) is 4.28. The Kier molecular flexibility index (Phi) is 5.32. The molecule has 2 aromatic rings. The van der Waals surface area contributed by atoms with Crippen molar-refractivity contribution in [3.05, 3.63) is 53.1 Å². The van der Waals surface area contributed by atoms with Crippen LogP contribution in [-0.2, 0) is 0 Å². The largest absolute Gasteiger partial charge is 0.366 e. The molecule has 0 aliphatic carbocycles. The van der Waals surface area contributed by atoms with Crippen molar-refractivity contribution < 1.29 is 8.78 Å². The lowest BCUT2D eigenvalue weighted by Crippen LogP contribution is -2.14. The number of aryl methyl sites for hydroxylation is 2. The number of aliphatic imine (C=N–C) groups is 1. The Morgan fingerprint density at radius 3 is 2.48 bits per heavy atom. The Morgan fingerprint density at radius 2 is 1.83 bits per heavy atom. The van der Waals surface area contributed by atoms with Gasteiger partial charge < -0.3 is 10.2 Å². The minimum absolute atomic E-state index is 0.246. The van der Waals surface area contributed by atoms with E-state index in [9.17, 15) is 8.78 Å². The van der Waals surface area contributed by atoms with E-state index in [0.29, 0.717) is 0 Å². The van der Waals surface area contributed by atoms with E-state index in [1.165, 1.54) is 12.1 Å². The standard InChI is InChI=1S/C18H21F2N3/c1-5-23(4)11-21-17-8-13(3)18(9-12(17)2)22-16-7-6-14(19)10-15(16)20/h6-11,22H,5H2,1-4H3. The highest BCUT2D eigenvalue weighted by atomic mass is 19.1. The lowest BCUT2D eigenvalue weighted by Gasteiger charge is -2.14. The lowest BCUT2D eigenvalue weighted by molar-refractivity contribution is 0.552. The van der Waals surface area contributed by atoms with Gasteiger partial charge in [-0.2, -0.15) is 0 Å². The summed E-state index contributed by atoms with van der Waals surface area (Å²) in [7, 11) is 1.96. The Morgan fingerprint density at radius 1 is 1.09 bits per heavy atom. The van der Waals surface area contributed by atoms with Crippen molar-refractivity contribution in [3.8, 4) is 0 Å². The smallest absolute Gasteiger partial charge is 0.149 e. The van der Waals surface area contributed by atoms with Gasteiger partial charge in [0, 0.05) is 25.3 Å². The van der Waals surface area contributed by atoms with Gasteiger partial charge in [0.2, 0.25) is 0 Å². The van der Waals surface area contributed by atoms with Crippen LogP contribution in [0.4, 0.5) is 25.8 Å². The molecular weight excluding hydrogens is 296 g/mol. The van der Waals surface area contributed by atoms with E-state index in [1.807, 2.05) is 44.9 Å². The van der Waals surface area contributed by atoms with Crippen LogP contribution in [0.1, 0.15) is 18.1 Å². The molecule has 1 N–H and O–H groups in total. The Bertz CT molecular complexity index is 726. The summed E-state index contributed by atoms with van der Waals surface area (Å²) in [4.78, 5) is 6.45. The van der Waals surface area contributed by atoms with Crippen molar-refractivity contribution in [3.63, 3.8) is 0 Å². The Hall–Kier alpha value is -2.43. The highest BCUT2D eigenvalue weighted by Gasteiger charge is 2.08. The predicted octanol–water partition coefficient (Wildman–Crippen LogP) is 4.94. The van der Waals surface area contributed by atoms with Crippen LogP contribution < -0.4 is 5.32 Å². The zero-order valence-electron chi connectivity index (χ0n) is 13.8. The summed E-state index contributed by atoms with van der Waals surface area (Å²) in [6.07, 6.45) is 1.79. The van der Waals surface area contributed by atoms with Crippen LogP contribution in [0.15, 0.2) is 35.3 Å². The van der Waals surface area contributed by atoms with Crippen LogP contribution in [-0.4, -0.2) is 24.8 Å². The molecule has 0 aliphatic rings. The molecule has 3 nitrogen and oxygen atoms in total. The van der Waals surface area contributed by atoms with Gasteiger partial charge in [0.15, 0.2) is 0 Å². The third-order valence-electron chi connectivity index (χ3n) is 3.64. The van der Waals surface area contributed by atoms with E-state index in [2.05, 4.69) is 10.3 Å². The van der Waals surface area contributed by atoms with Gasteiger partial charge in [-0.3, -0.25) is 0 Å². The maximum atomic E-state index is 13.8. The molecule has 2 aromatic carbocycles. The van der Waals surface area contributed by atoms with Crippen molar-refractivity contribution in [1.29, 1.82) is 0 Å². The molecule has 0 saturated carbocycles. The van der Waals surface area contributed by atoms with Crippen LogP contribution in [0.3, 0.4) is 0 Å². The van der Waals surface area contributed by atoms with Crippen molar-refractivity contribution >= 4 is 23.4 Å². The van der Waals surface area contributed by atoms with Gasteiger partial charge in [-0.15, -0.1) is 0 Å². The fourth-order valence-electron chi connectivity index (χ4n) is 2.05. The molecule has 23 heavy (non-hydrogen) atoms. The van der Waals surface area contributed by atoms with E-state index in [4.69, 9.17) is 0 Å². The fourth-order valence-corrected chi connectivity index (χ4v) is 2.05. The minimum Gasteiger partial charge on any atom is -0.366 e. The van der Waals surface area contributed by atoms with Crippen molar-refractivity contribution in [1.82, 2.24) is 4.90 Å². The third-order valence-corrected chi connectivity index (χ3v) is 3.64. The molecule has 0 aromatic heterocycles. The zero-order valence-corrected chi connectivity index (χ0v) is 13.8. The molecule has 5 heteroatoms. The second-order valence-electron chi connectivity index (χ2n) is 5.52. The second-order valence-corrected chi connectivity index (χ2v) is 5.52. The molecule has 0 spiro atoms. The normalized spacial score (nSPS) is 11.0. The van der Waals surface area contributed by atoms with Gasteiger partial charge in [0.25, 0.3) is 0 Å². The summed E-state index contributed by atoms with van der Waals surface area (Å²) in [6.45, 7) is 6.80. The zero-order chi connectivity index (χ0) is 17.0. The summed E-state index contributed by atoms with van der Waals surface area (Å²) in [6, 6.07) is 7.34. The van der Waals surface area contributed by atoms with E-state index >= 15 is 0 Å². The van der Waals surface area contributed by atoms with E-state index in [0.717, 1.165) is 35.1 Å². The number of hydrogen-bond donors (Lipinski definition) is 1. The summed E-state index contributed by atoms with van der Waals surface area (Å²) in [5.74, 6) is -1.21. The molecule has 0 radical (unpaired) electrons. The highest BCUT2D eigenvalue weighted by Crippen LogP contribution is 2.29. The van der Waals surface area contributed by atoms with Gasteiger partial charge in [-0.1, -0.05) is 0 Å². The first kappa shape index (κ1) is 16.9. The number of benzene rings is 2. The molecule has 0 atom stereocenters. The SMILES string of the molecule is CCN(C)C=Nc1cc(C)c(Nc2ccc(F)cc2F)cc1C. The molecule has 0 aliphatic heterocycles. The monoisotopic (exact) mass is 317 g/mol. The van der Waals surface area contributed by atoms with Crippen LogP contribution >= 0.6 is 0 Å². The van der Waals surface area contributed by atoms with Crippen LogP contribution in [0.2, 0.25) is 0 Å². The maximum absolute atomic E-state index is 13.8.